The van der Waals surface area contributed by atoms with Crippen LogP contribution in [0.25, 0.3) is 0 Å². The van der Waals surface area contributed by atoms with E-state index in [0.29, 0.717) is 0 Å². The highest BCUT2D eigenvalue weighted by Gasteiger charge is 2.38. The average molecular weight is 212 g/mol. The molecule has 0 saturated heterocycles. The quantitative estimate of drug-likeness (QED) is 0.833. The van der Waals surface area contributed by atoms with Crippen LogP contribution in [0.4, 0.5) is 0 Å². The van der Waals surface area contributed by atoms with Gasteiger partial charge in [0.05, 0.1) is 7.11 Å². The van der Waals surface area contributed by atoms with E-state index < -0.39 is 0 Å². The molecule has 1 aliphatic rings. The molecule has 0 heterocycles. The Morgan fingerprint density at radius 1 is 1.50 bits per heavy atom. The molecule has 0 unspecified atom stereocenters. The van der Waals surface area contributed by atoms with Crippen LogP contribution in [0.3, 0.4) is 0 Å². The van der Waals surface area contributed by atoms with Crippen molar-refractivity contribution in [2.75, 3.05) is 7.11 Å². The van der Waals surface area contributed by atoms with Gasteiger partial charge < -0.3 is 10.5 Å². The highest BCUT2D eigenvalue weighted by molar-refractivity contribution is 6.30. The molecule has 1 aliphatic carbocycles. The second-order valence-electron chi connectivity index (χ2n) is 4.00. The number of benzene rings is 1. The third-order valence-corrected chi connectivity index (χ3v) is 2.91. The van der Waals surface area contributed by atoms with Crippen molar-refractivity contribution < 1.29 is 4.74 Å². The molecule has 2 nitrogen and oxygen atoms in total. The minimum absolute atomic E-state index is 0.00202. The van der Waals surface area contributed by atoms with Crippen molar-refractivity contribution in [3.8, 4) is 5.75 Å². The molecule has 1 aromatic carbocycles. The van der Waals surface area contributed by atoms with E-state index in [0.717, 1.165) is 35.6 Å². The summed E-state index contributed by atoms with van der Waals surface area (Å²) in [5, 5.41) is 0.741. The largest absolute Gasteiger partial charge is 0.496 e. The molecule has 3 heteroatoms. The zero-order valence-electron chi connectivity index (χ0n) is 8.22. The Labute approximate surface area is 89.0 Å². The van der Waals surface area contributed by atoms with Crippen molar-refractivity contribution in [2.45, 2.75) is 24.8 Å². The fourth-order valence-corrected chi connectivity index (χ4v) is 1.80. The summed E-state index contributed by atoms with van der Waals surface area (Å²) in [7, 11) is 1.67. The highest BCUT2D eigenvalue weighted by Crippen LogP contribution is 2.38. The number of ether oxygens (including phenoxy) is 1. The topological polar surface area (TPSA) is 35.2 Å². The first-order chi connectivity index (χ1) is 6.63. The molecule has 0 atom stereocenters. The van der Waals surface area contributed by atoms with Gasteiger partial charge in [0.15, 0.2) is 0 Å². The second kappa shape index (κ2) is 3.44. The molecule has 1 aromatic rings. The van der Waals surface area contributed by atoms with Gasteiger partial charge >= 0.3 is 0 Å². The van der Waals surface area contributed by atoms with Gasteiger partial charge in [-0.25, -0.2) is 0 Å². The zero-order chi connectivity index (χ0) is 10.2. The van der Waals surface area contributed by atoms with Gasteiger partial charge in [-0.2, -0.15) is 0 Å². The Hall–Kier alpha value is -0.730. The number of rotatable bonds is 3. The summed E-state index contributed by atoms with van der Waals surface area (Å²) < 4.78 is 5.26. The van der Waals surface area contributed by atoms with Crippen molar-refractivity contribution in [1.29, 1.82) is 0 Å². The van der Waals surface area contributed by atoms with Crippen LogP contribution in [0.15, 0.2) is 18.2 Å². The maximum absolute atomic E-state index is 6.05. The van der Waals surface area contributed by atoms with E-state index in [9.17, 15) is 0 Å². The van der Waals surface area contributed by atoms with E-state index in [1.165, 1.54) is 0 Å². The first kappa shape index (κ1) is 9.81. The molecule has 2 rings (SSSR count). The lowest BCUT2D eigenvalue weighted by Crippen LogP contribution is -2.24. The summed E-state index contributed by atoms with van der Waals surface area (Å²) in [4.78, 5) is 0. The number of nitrogens with two attached hydrogens (primary N) is 1. The van der Waals surface area contributed by atoms with Crippen molar-refractivity contribution in [2.24, 2.45) is 5.73 Å². The minimum Gasteiger partial charge on any atom is -0.496 e. The third kappa shape index (κ3) is 2.02. The fourth-order valence-electron chi connectivity index (χ4n) is 1.60. The molecule has 0 spiro atoms. The lowest BCUT2D eigenvalue weighted by molar-refractivity contribution is 0.407. The van der Waals surface area contributed by atoms with Gasteiger partial charge in [-0.1, -0.05) is 11.6 Å². The molecule has 0 aliphatic heterocycles. The van der Waals surface area contributed by atoms with Gasteiger partial charge in [-0.3, -0.25) is 0 Å². The Kier molecular flexibility index (Phi) is 2.41. The maximum atomic E-state index is 6.05. The molecule has 0 bridgehead atoms. The van der Waals surface area contributed by atoms with Crippen LogP contribution in [0.2, 0.25) is 5.02 Å². The predicted octanol–water partition coefficient (Wildman–Crippen LogP) is 2.38. The molecule has 0 aromatic heterocycles. The first-order valence-corrected chi connectivity index (χ1v) is 5.12. The van der Waals surface area contributed by atoms with Gasteiger partial charge in [0.1, 0.15) is 5.75 Å². The van der Waals surface area contributed by atoms with Crippen LogP contribution in [0, 0.1) is 0 Å². The van der Waals surface area contributed by atoms with Gasteiger partial charge in [0, 0.05) is 10.6 Å². The zero-order valence-corrected chi connectivity index (χ0v) is 8.97. The molecule has 14 heavy (non-hydrogen) atoms. The average Bonchev–Trinajstić information content (AvgIpc) is 2.84. The monoisotopic (exact) mass is 211 g/mol. The molecular formula is C11H14ClNO. The van der Waals surface area contributed by atoms with Gasteiger partial charge in [0.25, 0.3) is 0 Å². The van der Waals surface area contributed by atoms with Crippen LogP contribution < -0.4 is 10.5 Å². The van der Waals surface area contributed by atoms with Gasteiger partial charge in [-0.15, -0.1) is 0 Å². The predicted molar refractivity (Wildman–Crippen MR) is 57.9 cm³/mol. The maximum Gasteiger partial charge on any atom is 0.122 e. The normalized spacial score (nSPS) is 17.9. The van der Waals surface area contributed by atoms with Crippen molar-refractivity contribution in [1.82, 2.24) is 0 Å². The molecule has 0 amide bonds. The van der Waals surface area contributed by atoms with E-state index in [1.807, 2.05) is 18.2 Å². The van der Waals surface area contributed by atoms with Crippen LogP contribution >= 0.6 is 11.6 Å². The van der Waals surface area contributed by atoms with E-state index in [1.54, 1.807) is 7.11 Å². The lowest BCUT2D eigenvalue weighted by atomic mass is 10.0. The fraction of sp³-hybridized carbons (Fsp3) is 0.455. The Balaban J connectivity index is 2.25. The van der Waals surface area contributed by atoms with Crippen molar-refractivity contribution in [3.63, 3.8) is 0 Å². The lowest BCUT2D eigenvalue weighted by Gasteiger charge is -2.12. The SMILES string of the molecule is COc1ccc(Cl)cc1CC1(N)CC1. The van der Waals surface area contributed by atoms with Crippen LogP contribution in [0.1, 0.15) is 18.4 Å². The van der Waals surface area contributed by atoms with Gasteiger partial charge in [-0.05, 0) is 43.0 Å². The molecule has 2 N–H and O–H groups in total. The van der Waals surface area contributed by atoms with E-state index in [-0.39, 0.29) is 5.54 Å². The Morgan fingerprint density at radius 2 is 2.21 bits per heavy atom. The van der Waals surface area contributed by atoms with E-state index in [2.05, 4.69) is 0 Å². The summed E-state index contributed by atoms with van der Waals surface area (Å²) in [5.41, 5.74) is 7.16. The second-order valence-corrected chi connectivity index (χ2v) is 4.43. The summed E-state index contributed by atoms with van der Waals surface area (Å²) in [6.07, 6.45) is 3.06. The molecule has 76 valence electrons. The summed E-state index contributed by atoms with van der Waals surface area (Å²) in [6, 6.07) is 5.66. The van der Waals surface area contributed by atoms with Crippen molar-refractivity contribution >= 4 is 11.6 Å². The van der Waals surface area contributed by atoms with Gasteiger partial charge in [0.2, 0.25) is 0 Å². The molecular weight excluding hydrogens is 198 g/mol. The first-order valence-electron chi connectivity index (χ1n) is 4.74. The highest BCUT2D eigenvalue weighted by atomic mass is 35.5. The molecule has 0 radical (unpaired) electrons. The Morgan fingerprint density at radius 3 is 2.79 bits per heavy atom. The van der Waals surface area contributed by atoms with Crippen LogP contribution in [-0.2, 0) is 6.42 Å². The number of hydrogen-bond donors (Lipinski definition) is 1. The number of methoxy groups -OCH3 is 1. The third-order valence-electron chi connectivity index (χ3n) is 2.68. The number of halogens is 1. The Bertz CT molecular complexity index is 347. The van der Waals surface area contributed by atoms with E-state index >= 15 is 0 Å². The van der Waals surface area contributed by atoms with E-state index in [4.69, 9.17) is 22.1 Å². The number of hydrogen-bond acceptors (Lipinski definition) is 2. The molecule has 1 fully saturated rings. The summed E-state index contributed by atoms with van der Waals surface area (Å²) in [6.45, 7) is 0. The minimum atomic E-state index is -0.00202. The standard InChI is InChI=1S/C11H14ClNO/c1-14-10-3-2-9(12)6-8(10)7-11(13)4-5-11/h2-3,6H,4-5,7,13H2,1H3. The van der Waals surface area contributed by atoms with Crippen LogP contribution in [0.5, 0.6) is 5.75 Å². The smallest absolute Gasteiger partial charge is 0.122 e. The summed E-state index contributed by atoms with van der Waals surface area (Å²) in [5.74, 6) is 0.881. The summed E-state index contributed by atoms with van der Waals surface area (Å²) >= 11 is 5.93. The van der Waals surface area contributed by atoms with Crippen molar-refractivity contribution in [3.05, 3.63) is 28.8 Å². The van der Waals surface area contributed by atoms with Crippen LogP contribution in [-0.4, -0.2) is 12.6 Å². The molecule has 1 saturated carbocycles.